The Morgan fingerprint density at radius 2 is 2.00 bits per heavy atom. The van der Waals surface area contributed by atoms with E-state index in [1.165, 1.54) is 7.11 Å². The lowest BCUT2D eigenvalue weighted by Gasteiger charge is -2.33. The molecule has 2 aliphatic heterocycles. The molecule has 24 heavy (non-hydrogen) atoms. The number of methoxy groups -OCH3 is 2. The van der Waals surface area contributed by atoms with Crippen LogP contribution in [-0.2, 0) is 23.7 Å². The van der Waals surface area contributed by atoms with E-state index >= 15 is 0 Å². The molecule has 6 atom stereocenters. The summed E-state index contributed by atoms with van der Waals surface area (Å²) in [6, 6.07) is 0. The van der Waals surface area contributed by atoms with Crippen molar-refractivity contribution in [3.63, 3.8) is 0 Å². The van der Waals surface area contributed by atoms with Gasteiger partial charge in [-0.05, 0) is 44.9 Å². The van der Waals surface area contributed by atoms with E-state index in [0.717, 1.165) is 32.1 Å². The van der Waals surface area contributed by atoms with Crippen molar-refractivity contribution in [2.45, 2.75) is 82.9 Å². The lowest BCUT2D eigenvalue weighted by Crippen LogP contribution is -2.34. The van der Waals surface area contributed by atoms with Crippen LogP contribution in [-0.4, -0.2) is 50.7 Å². The Labute approximate surface area is 145 Å². The van der Waals surface area contributed by atoms with Crippen LogP contribution in [0.4, 0.5) is 0 Å². The molecule has 2 rings (SSSR count). The topological polar surface area (TPSA) is 54.0 Å². The largest absolute Gasteiger partial charge is 0.469 e. The second-order valence-corrected chi connectivity index (χ2v) is 7.03. The molecule has 2 heterocycles. The Hall–Kier alpha value is -0.910. The standard InChI is InChI=1S/C19H32O5/c1-13-8-9-15(24-18(13)12-19(20)22-4)6-5-7-16-10-11-17(23-16)14(2)21-3/h5-6,13-18H,7-12H2,1-4H3/b6-5+/t13-,14+,15-,16+,17-,18+/m1/s1. The number of rotatable bonds is 7. The van der Waals surface area contributed by atoms with Crippen molar-refractivity contribution in [3.05, 3.63) is 12.2 Å². The van der Waals surface area contributed by atoms with Gasteiger partial charge in [0.2, 0.25) is 0 Å². The predicted octanol–water partition coefficient (Wildman–Crippen LogP) is 3.26. The van der Waals surface area contributed by atoms with Gasteiger partial charge < -0.3 is 18.9 Å². The van der Waals surface area contributed by atoms with Crippen LogP contribution in [0.5, 0.6) is 0 Å². The highest BCUT2D eigenvalue weighted by atomic mass is 16.5. The van der Waals surface area contributed by atoms with Gasteiger partial charge in [-0.25, -0.2) is 0 Å². The fraction of sp³-hybridized carbons (Fsp3) is 0.842. The maximum atomic E-state index is 11.5. The van der Waals surface area contributed by atoms with Crippen molar-refractivity contribution in [1.29, 1.82) is 0 Å². The molecule has 0 saturated carbocycles. The molecule has 0 aromatic rings. The van der Waals surface area contributed by atoms with Gasteiger partial charge >= 0.3 is 5.97 Å². The third kappa shape index (κ3) is 5.57. The van der Waals surface area contributed by atoms with Crippen LogP contribution in [0.25, 0.3) is 0 Å². The Kier molecular flexibility index (Phi) is 7.72. The second kappa shape index (κ2) is 9.54. The minimum Gasteiger partial charge on any atom is -0.469 e. The molecule has 2 saturated heterocycles. The molecule has 2 aliphatic rings. The summed E-state index contributed by atoms with van der Waals surface area (Å²) in [6.07, 6.45) is 10.4. The lowest BCUT2D eigenvalue weighted by atomic mass is 9.91. The highest BCUT2D eigenvalue weighted by Gasteiger charge is 2.30. The molecule has 5 heteroatoms. The van der Waals surface area contributed by atoms with E-state index in [9.17, 15) is 4.79 Å². The molecule has 0 unspecified atom stereocenters. The van der Waals surface area contributed by atoms with E-state index in [0.29, 0.717) is 12.3 Å². The molecule has 0 radical (unpaired) electrons. The first-order chi connectivity index (χ1) is 11.5. The molecule has 2 fully saturated rings. The van der Waals surface area contributed by atoms with E-state index in [4.69, 9.17) is 18.9 Å². The fourth-order valence-corrected chi connectivity index (χ4v) is 3.46. The first-order valence-corrected chi connectivity index (χ1v) is 9.10. The van der Waals surface area contributed by atoms with Gasteiger partial charge in [0.15, 0.2) is 0 Å². The van der Waals surface area contributed by atoms with Crippen LogP contribution in [0, 0.1) is 5.92 Å². The van der Waals surface area contributed by atoms with E-state index in [1.807, 2.05) is 0 Å². The molecule has 0 aromatic carbocycles. The van der Waals surface area contributed by atoms with Crippen molar-refractivity contribution in [3.8, 4) is 0 Å². The highest BCUT2D eigenvalue weighted by molar-refractivity contribution is 5.69. The summed E-state index contributed by atoms with van der Waals surface area (Å²) < 4.78 is 22.2. The smallest absolute Gasteiger partial charge is 0.308 e. The van der Waals surface area contributed by atoms with Gasteiger partial charge in [0, 0.05) is 7.11 Å². The average Bonchev–Trinajstić information content (AvgIpc) is 3.05. The van der Waals surface area contributed by atoms with E-state index in [1.54, 1.807) is 7.11 Å². The van der Waals surface area contributed by atoms with E-state index < -0.39 is 0 Å². The minimum absolute atomic E-state index is 0.0458. The summed E-state index contributed by atoms with van der Waals surface area (Å²) in [6.45, 7) is 4.19. The number of carbonyl (C=O) groups excluding carboxylic acids is 1. The molecule has 138 valence electrons. The third-order valence-corrected chi connectivity index (χ3v) is 5.27. The molecule has 0 spiro atoms. The SMILES string of the molecule is COC(=O)C[C@@H]1O[C@H](/C=C/C[C@H]2CC[C@H]([C@H](C)OC)O2)CC[C@H]1C. The predicted molar refractivity (Wildman–Crippen MR) is 91.8 cm³/mol. The minimum atomic E-state index is -0.200. The Morgan fingerprint density at radius 1 is 1.21 bits per heavy atom. The number of hydrogen-bond donors (Lipinski definition) is 0. The van der Waals surface area contributed by atoms with Crippen molar-refractivity contribution >= 4 is 5.97 Å². The highest BCUT2D eigenvalue weighted by Crippen LogP contribution is 2.29. The van der Waals surface area contributed by atoms with Crippen LogP contribution in [0.15, 0.2) is 12.2 Å². The van der Waals surface area contributed by atoms with Gasteiger partial charge in [0.1, 0.15) is 0 Å². The van der Waals surface area contributed by atoms with Crippen molar-refractivity contribution in [1.82, 2.24) is 0 Å². The molecule has 0 aliphatic carbocycles. The summed E-state index contributed by atoms with van der Waals surface area (Å²) in [7, 11) is 3.15. The normalized spacial score (nSPS) is 35.2. The second-order valence-electron chi connectivity index (χ2n) is 7.03. The summed E-state index contributed by atoms with van der Waals surface area (Å²) >= 11 is 0. The van der Waals surface area contributed by atoms with Gasteiger partial charge in [-0.15, -0.1) is 0 Å². The van der Waals surface area contributed by atoms with Gasteiger partial charge in [0.05, 0.1) is 44.1 Å². The van der Waals surface area contributed by atoms with Crippen LogP contribution in [0.1, 0.15) is 52.4 Å². The Bertz CT molecular complexity index is 422. The molecule has 0 bridgehead atoms. The number of ether oxygens (including phenoxy) is 4. The summed E-state index contributed by atoms with van der Waals surface area (Å²) in [5, 5.41) is 0. The van der Waals surface area contributed by atoms with Gasteiger partial charge in [0.25, 0.3) is 0 Å². The molecule has 0 N–H and O–H groups in total. The first kappa shape index (κ1) is 19.4. The number of hydrogen-bond acceptors (Lipinski definition) is 5. The van der Waals surface area contributed by atoms with Crippen LogP contribution in [0.2, 0.25) is 0 Å². The maximum absolute atomic E-state index is 11.5. The third-order valence-electron chi connectivity index (χ3n) is 5.27. The molecule has 5 nitrogen and oxygen atoms in total. The summed E-state index contributed by atoms with van der Waals surface area (Å²) in [5.74, 6) is 0.192. The monoisotopic (exact) mass is 340 g/mol. The Balaban J connectivity index is 1.75. The van der Waals surface area contributed by atoms with Crippen molar-refractivity contribution in [2.75, 3.05) is 14.2 Å². The Morgan fingerprint density at radius 3 is 2.71 bits per heavy atom. The first-order valence-electron chi connectivity index (χ1n) is 9.10. The molecule has 0 amide bonds. The quantitative estimate of drug-likeness (QED) is 0.526. The molecular formula is C19H32O5. The van der Waals surface area contributed by atoms with Gasteiger partial charge in [-0.2, -0.15) is 0 Å². The van der Waals surface area contributed by atoms with Crippen LogP contribution in [0.3, 0.4) is 0 Å². The fourth-order valence-electron chi connectivity index (χ4n) is 3.46. The van der Waals surface area contributed by atoms with E-state index in [2.05, 4.69) is 26.0 Å². The molecule has 0 aromatic heterocycles. The van der Waals surface area contributed by atoms with Gasteiger partial charge in [-0.1, -0.05) is 19.1 Å². The average molecular weight is 340 g/mol. The van der Waals surface area contributed by atoms with Gasteiger partial charge in [-0.3, -0.25) is 4.79 Å². The zero-order chi connectivity index (χ0) is 17.5. The summed E-state index contributed by atoms with van der Waals surface area (Å²) in [5.41, 5.74) is 0. The number of esters is 1. The van der Waals surface area contributed by atoms with Crippen molar-refractivity contribution < 1.29 is 23.7 Å². The van der Waals surface area contributed by atoms with Crippen molar-refractivity contribution in [2.24, 2.45) is 5.92 Å². The van der Waals surface area contributed by atoms with E-state index in [-0.39, 0.29) is 36.5 Å². The molecular weight excluding hydrogens is 308 g/mol. The zero-order valence-corrected chi connectivity index (χ0v) is 15.4. The zero-order valence-electron chi connectivity index (χ0n) is 15.4. The van der Waals surface area contributed by atoms with Crippen LogP contribution >= 0.6 is 0 Å². The summed E-state index contributed by atoms with van der Waals surface area (Å²) in [4.78, 5) is 11.5. The number of carbonyl (C=O) groups is 1. The maximum Gasteiger partial charge on any atom is 0.308 e. The lowest BCUT2D eigenvalue weighted by molar-refractivity contribution is -0.148. The van der Waals surface area contributed by atoms with Crippen LogP contribution < -0.4 is 0 Å².